The fourth-order valence-electron chi connectivity index (χ4n) is 1.51. The first-order valence-corrected chi connectivity index (χ1v) is 7.30. The first kappa shape index (κ1) is 14.5. The molecule has 0 saturated carbocycles. The summed E-state index contributed by atoms with van der Waals surface area (Å²) in [7, 11) is 0. The molecule has 0 radical (unpaired) electrons. The van der Waals surface area contributed by atoms with E-state index >= 15 is 0 Å². The molecule has 2 amide bonds. The number of carbonyl (C=O) groups excluding carboxylic acids is 2. The Morgan fingerprint density at radius 3 is 2.70 bits per heavy atom. The van der Waals surface area contributed by atoms with Gasteiger partial charge in [0, 0.05) is 22.2 Å². The average molecular weight is 351 g/mol. The molecule has 0 saturated heterocycles. The number of nitrogens with one attached hydrogen (secondary N) is 1. The minimum atomic E-state index is -0.528. The maximum absolute atomic E-state index is 11.8. The van der Waals surface area contributed by atoms with E-state index in [2.05, 4.69) is 21.2 Å². The van der Waals surface area contributed by atoms with Gasteiger partial charge in [0.2, 0.25) is 11.8 Å². The number of hydrogen-bond acceptors (Lipinski definition) is 3. The van der Waals surface area contributed by atoms with E-state index in [9.17, 15) is 9.59 Å². The lowest BCUT2D eigenvalue weighted by Gasteiger charge is -2.03. The Bertz CT molecular complexity index is 679. The minimum Gasteiger partial charge on any atom is -0.366 e. The molecular weight excluding hydrogens is 340 g/mol. The molecule has 1 aromatic heterocycles. The standard InChI is InChI=1S/C14H11BrN2O2S/c15-12-6-4-11(20-12)5-7-13(18)17-10-3-1-2-9(8-10)14(16)19/h1-8H,(H2,16,19)(H,17,18)/b7-5+. The second-order valence-electron chi connectivity index (χ2n) is 3.91. The number of carbonyl (C=O) groups is 2. The lowest BCUT2D eigenvalue weighted by Crippen LogP contribution is -2.12. The van der Waals surface area contributed by atoms with Crippen LogP contribution in [-0.2, 0) is 4.79 Å². The third-order valence-corrected chi connectivity index (χ3v) is 4.00. The molecule has 3 N–H and O–H groups in total. The number of rotatable bonds is 4. The Morgan fingerprint density at radius 2 is 2.05 bits per heavy atom. The molecule has 0 atom stereocenters. The first-order valence-electron chi connectivity index (χ1n) is 5.69. The van der Waals surface area contributed by atoms with Gasteiger partial charge in [-0.1, -0.05) is 6.07 Å². The van der Waals surface area contributed by atoms with E-state index in [1.165, 1.54) is 23.5 Å². The summed E-state index contributed by atoms with van der Waals surface area (Å²) in [6.07, 6.45) is 3.16. The topological polar surface area (TPSA) is 72.2 Å². The second kappa shape index (κ2) is 6.49. The van der Waals surface area contributed by atoms with Gasteiger partial charge >= 0.3 is 0 Å². The molecule has 2 rings (SSSR count). The van der Waals surface area contributed by atoms with Crippen LogP contribution in [0, 0.1) is 0 Å². The van der Waals surface area contributed by atoms with Gasteiger partial charge in [0.1, 0.15) is 0 Å². The zero-order chi connectivity index (χ0) is 14.5. The monoisotopic (exact) mass is 350 g/mol. The van der Waals surface area contributed by atoms with E-state index in [1.54, 1.807) is 24.3 Å². The molecule has 0 bridgehead atoms. The highest BCUT2D eigenvalue weighted by Gasteiger charge is 2.03. The van der Waals surface area contributed by atoms with E-state index in [4.69, 9.17) is 5.73 Å². The SMILES string of the molecule is NC(=O)c1cccc(NC(=O)/C=C/c2ccc(Br)s2)c1. The number of primary amides is 1. The predicted octanol–water partition coefficient (Wildman–Crippen LogP) is 3.26. The van der Waals surface area contributed by atoms with Gasteiger partial charge in [-0.25, -0.2) is 0 Å². The van der Waals surface area contributed by atoms with Gasteiger partial charge in [-0.05, 0) is 52.3 Å². The summed E-state index contributed by atoms with van der Waals surface area (Å²) in [6.45, 7) is 0. The molecule has 4 nitrogen and oxygen atoms in total. The average Bonchev–Trinajstić information content (AvgIpc) is 2.82. The van der Waals surface area contributed by atoms with Gasteiger partial charge in [-0.3, -0.25) is 9.59 Å². The van der Waals surface area contributed by atoms with E-state index in [0.29, 0.717) is 11.3 Å². The molecule has 0 fully saturated rings. The second-order valence-corrected chi connectivity index (χ2v) is 6.40. The summed E-state index contributed by atoms with van der Waals surface area (Å²) in [5, 5.41) is 2.67. The van der Waals surface area contributed by atoms with E-state index in [1.807, 2.05) is 12.1 Å². The largest absolute Gasteiger partial charge is 0.366 e. The Morgan fingerprint density at radius 1 is 1.25 bits per heavy atom. The maximum atomic E-state index is 11.8. The van der Waals surface area contributed by atoms with Crippen molar-refractivity contribution in [2.75, 3.05) is 5.32 Å². The lowest BCUT2D eigenvalue weighted by atomic mass is 10.2. The predicted molar refractivity (Wildman–Crippen MR) is 84.6 cm³/mol. The molecule has 2 aromatic rings. The Hall–Kier alpha value is -1.92. The van der Waals surface area contributed by atoms with Gasteiger partial charge < -0.3 is 11.1 Å². The molecule has 6 heteroatoms. The van der Waals surface area contributed by atoms with Gasteiger partial charge in [0.15, 0.2) is 0 Å². The number of anilines is 1. The number of hydrogen-bond donors (Lipinski definition) is 2. The van der Waals surface area contributed by atoms with E-state index in [-0.39, 0.29) is 5.91 Å². The van der Waals surface area contributed by atoms with Crippen molar-refractivity contribution in [2.24, 2.45) is 5.73 Å². The van der Waals surface area contributed by atoms with Crippen molar-refractivity contribution < 1.29 is 9.59 Å². The zero-order valence-electron chi connectivity index (χ0n) is 10.3. The maximum Gasteiger partial charge on any atom is 0.248 e. The van der Waals surface area contributed by atoms with Gasteiger partial charge in [-0.2, -0.15) is 0 Å². The Labute approximate surface area is 128 Å². The number of amides is 2. The highest BCUT2D eigenvalue weighted by molar-refractivity contribution is 9.11. The van der Waals surface area contributed by atoms with Crippen molar-refractivity contribution in [3.8, 4) is 0 Å². The molecule has 20 heavy (non-hydrogen) atoms. The fourth-order valence-corrected chi connectivity index (χ4v) is 2.84. The Kier molecular flexibility index (Phi) is 4.70. The normalized spacial score (nSPS) is 10.7. The van der Waals surface area contributed by atoms with Crippen LogP contribution >= 0.6 is 27.3 Å². The van der Waals surface area contributed by atoms with Crippen LogP contribution in [-0.4, -0.2) is 11.8 Å². The molecule has 0 aliphatic carbocycles. The van der Waals surface area contributed by atoms with Crippen LogP contribution in [0.1, 0.15) is 15.2 Å². The number of nitrogens with two attached hydrogens (primary N) is 1. The summed E-state index contributed by atoms with van der Waals surface area (Å²) >= 11 is 4.89. The molecular formula is C14H11BrN2O2S. The molecule has 0 aliphatic rings. The summed E-state index contributed by atoms with van der Waals surface area (Å²) in [5.74, 6) is -0.795. The Balaban J connectivity index is 2.02. The van der Waals surface area contributed by atoms with E-state index < -0.39 is 5.91 Å². The molecule has 1 heterocycles. The third kappa shape index (κ3) is 4.04. The number of benzene rings is 1. The molecule has 102 valence electrons. The zero-order valence-corrected chi connectivity index (χ0v) is 12.7. The molecule has 1 aromatic carbocycles. The quantitative estimate of drug-likeness (QED) is 0.830. The molecule has 0 spiro atoms. The van der Waals surface area contributed by atoms with Crippen LogP contribution in [0.4, 0.5) is 5.69 Å². The molecule has 0 unspecified atom stereocenters. The fraction of sp³-hybridized carbons (Fsp3) is 0. The van der Waals surface area contributed by atoms with Gasteiger partial charge in [-0.15, -0.1) is 11.3 Å². The van der Waals surface area contributed by atoms with Crippen molar-refractivity contribution in [3.63, 3.8) is 0 Å². The number of halogens is 1. The van der Waals surface area contributed by atoms with Crippen molar-refractivity contribution >= 4 is 50.8 Å². The van der Waals surface area contributed by atoms with Crippen LogP contribution in [0.2, 0.25) is 0 Å². The van der Waals surface area contributed by atoms with Gasteiger partial charge in [0.25, 0.3) is 0 Å². The van der Waals surface area contributed by atoms with Crippen LogP contribution in [0.5, 0.6) is 0 Å². The summed E-state index contributed by atoms with van der Waals surface area (Å²) < 4.78 is 1.01. The smallest absolute Gasteiger partial charge is 0.248 e. The van der Waals surface area contributed by atoms with Crippen molar-refractivity contribution in [3.05, 3.63) is 56.7 Å². The minimum absolute atomic E-state index is 0.267. The van der Waals surface area contributed by atoms with E-state index in [0.717, 1.165) is 8.66 Å². The summed E-state index contributed by atoms with van der Waals surface area (Å²) in [4.78, 5) is 23.8. The van der Waals surface area contributed by atoms with Crippen LogP contribution in [0.15, 0.2) is 46.3 Å². The van der Waals surface area contributed by atoms with Crippen LogP contribution < -0.4 is 11.1 Å². The van der Waals surface area contributed by atoms with Gasteiger partial charge in [0.05, 0.1) is 3.79 Å². The van der Waals surface area contributed by atoms with Crippen molar-refractivity contribution in [1.82, 2.24) is 0 Å². The highest BCUT2D eigenvalue weighted by Crippen LogP contribution is 2.23. The van der Waals surface area contributed by atoms with Crippen molar-refractivity contribution in [2.45, 2.75) is 0 Å². The lowest BCUT2D eigenvalue weighted by molar-refractivity contribution is -0.111. The first-order chi connectivity index (χ1) is 9.54. The molecule has 0 aliphatic heterocycles. The third-order valence-electron chi connectivity index (χ3n) is 2.41. The number of thiophene rings is 1. The highest BCUT2D eigenvalue weighted by atomic mass is 79.9. The van der Waals surface area contributed by atoms with Crippen LogP contribution in [0.3, 0.4) is 0 Å². The summed E-state index contributed by atoms with van der Waals surface area (Å²) in [6, 6.07) is 10.3. The van der Waals surface area contributed by atoms with Crippen LogP contribution in [0.25, 0.3) is 6.08 Å². The summed E-state index contributed by atoms with van der Waals surface area (Å²) in [5.41, 5.74) is 6.07. The van der Waals surface area contributed by atoms with Crippen molar-refractivity contribution in [1.29, 1.82) is 0 Å².